The van der Waals surface area contributed by atoms with Gasteiger partial charge >= 0.3 is 12.4 Å². The summed E-state index contributed by atoms with van der Waals surface area (Å²) in [5, 5.41) is 9.28. The van der Waals surface area contributed by atoms with E-state index in [1.54, 1.807) is 0 Å². The summed E-state index contributed by atoms with van der Waals surface area (Å²) in [4.78, 5) is 1.28. The van der Waals surface area contributed by atoms with Crippen molar-refractivity contribution in [1.29, 1.82) is 0 Å². The quantitative estimate of drug-likeness (QED) is 0.508. The number of nitrogens with zero attached hydrogens (tertiary/aromatic N) is 1. The lowest BCUT2D eigenvalue weighted by Gasteiger charge is -2.26. The molecule has 0 heterocycles. The molecule has 0 aromatic heterocycles. The van der Waals surface area contributed by atoms with E-state index in [1.807, 2.05) is 13.8 Å². The minimum absolute atomic E-state index is 0.0346. The largest absolute Gasteiger partial charge is 0.416 e. The molecule has 0 aliphatic rings. The van der Waals surface area contributed by atoms with Crippen molar-refractivity contribution in [3.8, 4) is 0 Å². The van der Waals surface area contributed by atoms with Gasteiger partial charge in [0.2, 0.25) is 0 Å². The molecule has 9 heteroatoms. The summed E-state index contributed by atoms with van der Waals surface area (Å²) in [5.74, 6) is 0. The lowest BCUT2D eigenvalue weighted by Crippen LogP contribution is -2.41. The number of aliphatic hydroxyl groups excluding tert-OH is 1. The van der Waals surface area contributed by atoms with Crippen LogP contribution in [0.2, 0.25) is 0 Å². The topological polar surface area (TPSA) is 32.7 Å². The molecular weight excluding hydrogens is 364 g/mol. The second-order valence-electron chi connectivity index (χ2n) is 6.26. The van der Waals surface area contributed by atoms with Crippen LogP contribution in [-0.4, -0.2) is 48.1 Å². The Morgan fingerprint density at radius 3 is 2.31 bits per heavy atom. The minimum Gasteiger partial charge on any atom is -0.382 e. The summed E-state index contributed by atoms with van der Waals surface area (Å²) in [6.07, 6.45) is -11.5. The number of hydrogen-bond acceptors (Lipinski definition) is 3. The van der Waals surface area contributed by atoms with Crippen molar-refractivity contribution in [3.63, 3.8) is 0 Å². The third-order valence-corrected chi connectivity index (χ3v) is 3.54. The Labute approximate surface area is 148 Å². The zero-order valence-corrected chi connectivity index (χ0v) is 14.6. The SMILES string of the molecule is CC(C)OCCCN(Cc1cccc(C(F)(F)F)c1)CC(O)C(F)(F)F. The monoisotopic (exact) mass is 387 g/mol. The zero-order chi connectivity index (χ0) is 20.0. The van der Waals surface area contributed by atoms with Gasteiger partial charge in [0.1, 0.15) is 0 Å². The lowest BCUT2D eigenvalue weighted by molar-refractivity contribution is -0.208. The zero-order valence-electron chi connectivity index (χ0n) is 14.6. The molecule has 0 amide bonds. The predicted octanol–water partition coefficient (Wildman–Crippen LogP) is 4.25. The normalized spacial score (nSPS) is 14.3. The van der Waals surface area contributed by atoms with Crippen LogP contribution in [0.1, 0.15) is 31.4 Å². The van der Waals surface area contributed by atoms with Gasteiger partial charge in [0.15, 0.2) is 6.10 Å². The fourth-order valence-corrected chi connectivity index (χ4v) is 2.29. The van der Waals surface area contributed by atoms with Gasteiger partial charge in [0.25, 0.3) is 0 Å². The molecule has 0 spiro atoms. The second-order valence-corrected chi connectivity index (χ2v) is 6.26. The van der Waals surface area contributed by atoms with Crippen LogP contribution >= 0.6 is 0 Å². The Kier molecular flexibility index (Phi) is 8.36. The molecular formula is C17H23F6NO2. The summed E-state index contributed by atoms with van der Waals surface area (Å²) < 4.78 is 81.5. The molecule has 150 valence electrons. The number of ether oxygens (including phenoxy) is 1. The van der Waals surface area contributed by atoms with Gasteiger partial charge in [-0.3, -0.25) is 4.90 Å². The van der Waals surface area contributed by atoms with Crippen LogP contribution in [0.15, 0.2) is 24.3 Å². The molecule has 0 saturated heterocycles. The number of hydrogen-bond donors (Lipinski definition) is 1. The number of rotatable bonds is 9. The number of halogens is 6. The van der Waals surface area contributed by atoms with E-state index in [-0.39, 0.29) is 24.8 Å². The molecule has 0 aliphatic carbocycles. The van der Waals surface area contributed by atoms with Crippen molar-refractivity contribution < 1.29 is 36.2 Å². The van der Waals surface area contributed by atoms with E-state index >= 15 is 0 Å². The standard InChI is InChI=1S/C17H23F6NO2/c1-12(2)26-8-4-7-24(11-15(25)17(21,22)23)10-13-5-3-6-14(9-13)16(18,19)20/h3,5-6,9,12,15,25H,4,7-8,10-11H2,1-2H3. The maximum Gasteiger partial charge on any atom is 0.416 e. The molecule has 0 saturated carbocycles. The fraction of sp³-hybridized carbons (Fsp3) is 0.647. The van der Waals surface area contributed by atoms with Crippen LogP contribution in [0.3, 0.4) is 0 Å². The highest BCUT2D eigenvalue weighted by molar-refractivity contribution is 5.25. The summed E-state index contributed by atoms with van der Waals surface area (Å²) in [6, 6.07) is 4.41. The molecule has 1 aromatic carbocycles. The lowest BCUT2D eigenvalue weighted by atomic mass is 10.1. The first kappa shape index (κ1) is 22.7. The van der Waals surface area contributed by atoms with Gasteiger partial charge in [-0.05, 0) is 31.9 Å². The Morgan fingerprint density at radius 2 is 1.77 bits per heavy atom. The van der Waals surface area contributed by atoms with E-state index in [0.29, 0.717) is 13.0 Å². The van der Waals surface area contributed by atoms with E-state index in [0.717, 1.165) is 12.1 Å². The van der Waals surface area contributed by atoms with Crippen molar-refractivity contribution in [1.82, 2.24) is 4.90 Å². The smallest absolute Gasteiger partial charge is 0.382 e. The van der Waals surface area contributed by atoms with Gasteiger partial charge in [0.05, 0.1) is 11.7 Å². The summed E-state index contributed by atoms with van der Waals surface area (Å²) in [6.45, 7) is 3.22. The average molecular weight is 387 g/mol. The van der Waals surface area contributed by atoms with Crippen LogP contribution in [0, 0.1) is 0 Å². The Balaban J connectivity index is 2.80. The minimum atomic E-state index is -4.79. The van der Waals surface area contributed by atoms with Crippen molar-refractivity contribution in [2.75, 3.05) is 19.7 Å². The van der Waals surface area contributed by atoms with Crippen molar-refractivity contribution in [2.24, 2.45) is 0 Å². The van der Waals surface area contributed by atoms with Crippen molar-refractivity contribution >= 4 is 0 Å². The fourth-order valence-electron chi connectivity index (χ4n) is 2.29. The molecule has 1 aromatic rings. The highest BCUT2D eigenvalue weighted by Crippen LogP contribution is 2.30. The van der Waals surface area contributed by atoms with Gasteiger partial charge in [-0.2, -0.15) is 26.3 Å². The first-order valence-corrected chi connectivity index (χ1v) is 8.14. The molecule has 0 bridgehead atoms. The van der Waals surface area contributed by atoms with E-state index in [1.165, 1.54) is 17.0 Å². The molecule has 1 N–H and O–H groups in total. The summed E-state index contributed by atoms with van der Waals surface area (Å²) in [5.41, 5.74) is -0.645. The molecule has 0 radical (unpaired) electrons. The van der Waals surface area contributed by atoms with Crippen molar-refractivity contribution in [2.45, 2.75) is 51.4 Å². The van der Waals surface area contributed by atoms with E-state index < -0.39 is 30.6 Å². The maximum absolute atomic E-state index is 12.8. The molecule has 1 unspecified atom stereocenters. The third kappa shape index (κ3) is 8.37. The highest BCUT2D eigenvalue weighted by Gasteiger charge is 2.39. The Bertz CT molecular complexity index is 545. The summed E-state index contributed by atoms with van der Waals surface area (Å²) >= 11 is 0. The molecule has 0 aliphatic heterocycles. The number of alkyl halides is 6. The first-order chi connectivity index (χ1) is 11.9. The Hall–Kier alpha value is -1.32. The maximum atomic E-state index is 12.8. The van der Waals surface area contributed by atoms with Crippen LogP contribution in [0.5, 0.6) is 0 Å². The van der Waals surface area contributed by atoms with Crippen LogP contribution < -0.4 is 0 Å². The number of aliphatic hydroxyl groups is 1. The average Bonchev–Trinajstić information content (AvgIpc) is 2.49. The summed E-state index contributed by atoms with van der Waals surface area (Å²) in [7, 11) is 0. The molecule has 1 atom stereocenters. The van der Waals surface area contributed by atoms with Crippen LogP contribution in [-0.2, 0) is 17.5 Å². The van der Waals surface area contributed by atoms with Gasteiger partial charge in [-0.1, -0.05) is 18.2 Å². The second kappa shape index (κ2) is 9.57. The predicted molar refractivity (Wildman–Crippen MR) is 84.5 cm³/mol. The highest BCUT2D eigenvalue weighted by atomic mass is 19.4. The van der Waals surface area contributed by atoms with Gasteiger partial charge in [-0.25, -0.2) is 0 Å². The molecule has 0 fully saturated rings. The van der Waals surface area contributed by atoms with Crippen molar-refractivity contribution in [3.05, 3.63) is 35.4 Å². The van der Waals surface area contributed by atoms with E-state index in [4.69, 9.17) is 4.74 Å². The van der Waals surface area contributed by atoms with Crippen LogP contribution in [0.25, 0.3) is 0 Å². The Morgan fingerprint density at radius 1 is 1.12 bits per heavy atom. The van der Waals surface area contributed by atoms with Gasteiger partial charge < -0.3 is 9.84 Å². The third-order valence-electron chi connectivity index (χ3n) is 3.54. The molecule has 1 rings (SSSR count). The van der Waals surface area contributed by atoms with Gasteiger partial charge in [0, 0.05) is 26.2 Å². The molecule has 3 nitrogen and oxygen atoms in total. The first-order valence-electron chi connectivity index (χ1n) is 8.14. The van der Waals surface area contributed by atoms with E-state index in [2.05, 4.69) is 0 Å². The number of benzene rings is 1. The molecule has 26 heavy (non-hydrogen) atoms. The van der Waals surface area contributed by atoms with Gasteiger partial charge in [-0.15, -0.1) is 0 Å². The van der Waals surface area contributed by atoms with Crippen LogP contribution in [0.4, 0.5) is 26.3 Å². The van der Waals surface area contributed by atoms with E-state index in [9.17, 15) is 31.4 Å².